The Hall–Kier alpha value is -0.120. The zero-order valence-corrected chi connectivity index (χ0v) is 10.7. The second kappa shape index (κ2) is 5.48. The summed E-state index contributed by atoms with van der Waals surface area (Å²) in [5.41, 5.74) is 5.64. The molecule has 2 heterocycles. The van der Waals surface area contributed by atoms with Crippen molar-refractivity contribution in [1.82, 2.24) is 4.90 Å². The number of hydrogen-bond acceptors (Lipinski definition) is 3. The van der Waals surface area contributed by atoms with Gasteiger partial charge in [0.25, 0.3) is 0 Å². The van der Waals surface area contributed by atoms with Gasteiger partial charge in [-0.2, -0.15) is 0 Å². The van der Waals surface area contributed by atoms with E-state index in [1.165, 1.54) is 25.8 Å². The number of nitrogens with two attached hydrogens (primary N) is 1. The number of hydrogen-bond donors (Lipinski definition) is 1. The third kappa shape index (κ3) is 2.76. The van der Waals surface area contributed by atoms with Crippen molar-refractivity contribution in [2.45, 2.75) is 57.8 Å². The first-order chi connectivity index (χ1) is 7.70. The molecule has 16 heavy (non-hydrogen) atoms. The van der Waals surface area contributed by atoms with Gasteiger partial charge in [0.1, 0.15) is 0 Å². The molecule has 4 atom stereocenters. The van der Waals surface area contributed by atoms with Crippen LogP contribution in [0.4, 0.5) is 0 Å². The molecule has 0 amide bonds. The van der Waals surface area contributed by atoms with Crippen LogP contribution >= 0.6 is 0 Å². The molecule has 0 aromatic heterocycles. The fourth-order valence-corrected chi connectivity index (χ4v) is 3.03. The first kappa shape index (κ1) is 12.3. The SMILES string of the molecule is CC1CCCN(CC2CCC(CN)O2)C1C. The minimum atomic E-state index is 0.322. The summed E-state index contributed by atoms with van der Waals surface area (Å²) in [5.74, 6) is 0.834. The standard InChI is InChI=1S/C13H26N2O/c1-10-4-3-7-15(11(10)2)9-13-6-5-12(8-14)16-13/h10-13H,3-9,14H2,1-2H3. The zero-order chi connectivity index (χ0) is 11.5. The van der Waals surface area contributed by atoms with E-state index in [1.54, 1.807) is 0 Å². The Balaban J connectivity index is 1.80. The van der Waals surface area contributed by atoms with E-state index in [0.29, 0.717) is 24.8 Å². The Morgan fingerprint density at radius 3 is 2.62 bits per heavy atom. The molecule has 0 aromatic carbocycles. The molecule has 2 rings (SSSR count). The predicted molar refractivity (Wildman–Crippen MR) is 66.4 cm³/mol. The van der Waals surface area contributed by atoms with Gasteiger partial charge < -0.3 is 10.5 Å². The van der Waals surface area contributed by atoms with Crippen molar-refractivity contribution in [2.24, 2.45) is 11.7 Å². The molecule has 3 nitrogen and oxygen atoms in total. The van der Waals surface area contributed by atoms with E-state index in [1.807, 2.05) is 0 Å². The average Bonchev–Trinajstić information content (AvgIpc) is 2.73. The first-order valence-corrected chi connectivity index (χ1v) is 6.80. The highest BCUT2D eigenvalue weighted by Crippen LogP contribution is 2.26. The monoisotopic (exact) mass is 226 g/mol. The molecule has 94 valence electrons. The van der Waals surface area contributed by atoms with E-state index >= 15 is 0 Å². The number of piperidine rings is 1. The molecule has 0 radical (unpaired) electrons. The van der Waals surface area contributed by atoms with Crippen LogP contribution in [0.15, 0.2) is 0 Å². The van der Waals surface area contributed by atoms with Gasteiger partial charge in [0.2, 0.25) is 0 Å². The molecule has 0 aliphatic carbocycles. The summed E-state index contributed by atoms with van der Waals surface area (Å²) >= 11 is 0. The maximum Gasteiger partial charge on any atom is 0.0707 e. The van der Waals surface area contributed by atoms with Gasteiger partial charge in [-0.1, -0.05) is 6.92 Å². The summed E-state index contributed by atoms with van der Waals surface area (Å²) in [7, 11) is 0. The normalized spacial score (nSPS) is 41.4. The molecule has 0 saturated carbocycles. The van der Waals surface area contributed by atoms with E-state index in [4.69, 9.17) is 10.5 Å². The highest BCUT2D eigenvalue weighted by Gasteiger charge is 2.30. The molecular weight excluding hydrogens is 200 g/mol. The number of likely N-dealkylation sites (tertiary alicyclic amines) is 1. The molecule has 2 N–H and O–H groups in total. The summed E-state index contributed by atoms with van der Waals surface area (Å²) in [6.07, 6.45) is 5.83. The average molecular weight is 226 g/mol. The Kier molecular flexibility index (Phi) is 4.22. The molecule has 0 aromatic rings. The van der Waals surface area contributed by atoms with Crippen LogP contribution in [0.2, 0.25) is 0 Å². The summed E-state index contributed by atoms with van der Waals surface area (Å²) in [6.45, 7) is 7.78. The molecule has 0 bridgehead atoms. The fraction of sp³-hybridized carbons (Fsp3) is 1.00. The molecular formula is C13H26N2O. The molecule has 2 fully saturated rings. The highest BCUT2D eigenvalue weighted by atomic mass is 16.5. The summed E-state index contributed by atoms with van der Waals surface area (Å²) in [6, 6.07) is 0.717. The number of ether oxygens (including phenoxy) is 1. The smallest absolute Gasteiger partial charge is 0.0707 e. The van der Waals surface area contributed by atoms with E-state index in [2.05, 4.69) is 18.7 Å². The predicted octanol–water partition coefficient (Wildman–Crippen LogP) is 1.61. The van der Waals surface area contributed by atoms with Gasteiger partial charge >= 0.3 is 0 Å². The Morgan fingerprint density at radius 1 is 1.19 bits per heavy atom. The molecule has 2 aliphatic rings. The first-order valence-electron chi connectivity index (χ1n) is 6.80. The lowest BCUT2D eigenvalue weighted by molar-refractivity contribution is 0.00405. The van der Waals surface area contributed by atoms with Crippen molar-refractivity contribution in [1.29, 1.82) is 0 Å². The van der Waals surface area contributed by atoms with Gasteiger partial charge in [0.15, 0.2) is 0 Å². The largest absolute Gasteiger partial charge is 0.372 e. The van der Waals surface area contributed by atoms with Crippen molar-refractivity contribution < 1.29 is 4.74 Å². The summed E-state index contributed by atoms with van der Waals surface area (Å²) < 4.78 is 5.93. The summed E-state index contributed by atoms with van der Waals surface area (Å²) in [5, 5.41) is 0. The second-order valence-electron chi connectivity index (χ2n) is 5.55. The van der Waals surface area contributed by atoms with Crippen molar-refractivity contribution in [3.05, 3.63) is 0 Å². The zero-order valence-electron chi connectivity index (χ0n) is 10.7. The third-order valence-electron chi connectivity index (χ3n) is 4.40. The van der Waals surface area contributed by atoms with Crippen LogP contribution < -0.4 is 5.73 Å². The number of nitrogens with zero attached hydrogens (tertiary/aromatic N) is 1. The van der Waals surface area contributed by atoms with Gasteiger partial charge in [0.05, 0.1) is 12.2 Å². The maximum atomic E-state index is 5.93. The lowest BCUT2D eigenvalue weighted by Gasteiger charge is -2.39. The van der Waals surface area contributed by atoms with Gasteiger partial charge in [-0.25, -0.2) is 0 Å². The minimum Gasteiger partial charge on any atom is -0.372 e. The Bertz CT molecular complexity index is 222. The van der Waals surface area contributed by atoms with Crippen molar-refractivity contribution in [2.75, 3.05) is 19.6 Å². The van der Waals surface area contributed by atoms with Gasteiger partial charge in [-0.15, -0.1) is 0 Å². The molecule has 2 saturated heterocycles. The van der Waals surface area contributed by atoms with Crippen LogP contribution in [0.1, 0.15) is 39.5 Å². The van der Waals surface area contributed by atoms with Crippen LogP contribution in [0.3, 0.4) is 0 Å². The van der Waals surface area contributed by atoms with Crippen LogP contribution in [0, 0.1) is 5.92 Å². The van der Waals surface area contributed by atoms with E-state index in [0.717, 1.165) is 18.9 Å². The van der Waals surface area contributed by atoms with Crippen LogP contribution in [-0.4, -0.2) is 42.8 Å². The summed E-state index contributed by atoms with van der Waals surface area (Å²) in [4.78, 5) is 2.61. The van der Waals surface area contributed by atoms with Crippen molar-refractivity contribution in [3.63, 3.8) is 0 Å². The fourth-order valence-electron chi connectivity index (χ4n) is 3.03. The van der Waals surface area contributed by atoms with E-state index < -0.39 is 0 Å². The molecule has 4 unspecified atom stereocenters. The molecule has 2 aliphatic heterocycles. The van der Waals surface area contributed by atoms with Gasteiger partial charge in [-0.05, 0) is 45.1 Å². The van der Waals surface area contributed by atoms with Gasteiger partial charge in [-0.3, -0.25) is 4.90 Å². The van der Waals surface area contributed by atoms with E-state index in [-0.39, 0.29) is 0 Å². The van der Waals surface area contributed by atoms with Crippen LogP contribution in [-0.2, 0) is 4.74 Å². The molecule has 3 heteroatoms. The highest BCUT2D eigenvalue weighted by molar-refractivity contribution is 4.83. The van der Waals surface area contributed by atoms with Crippen LogP contribution in [0.5, 0.6) is 0 Å². The van der Waals surface area contributed by atoms with Gasteiger partial charge in [0, 0.05) is 19.1 Å². The van der Waals surface area contributed by atoms with Crippen LogP contribution in [0.25, 0.3) is 0 Å². The maximum absolute atomic E-state index is 5.93. The minimum absolute atomic E-state index is 0.322. The molecule has 0 spiro atoms. The van der Waals surface area contributed by atoms with E-state index in [9.17, 15) is 0 Å². The second-order valence-corrected chi connectivity index (χ2v) is 5.55. The van der Waals surface area contributed by atoms with Crippen molar-refractivity contribution >= 4 is 0 Å². The van der Waals surface area contributed by atoms with Crippen molar-refractivity contribution in [3.8, 4) is 0 Å². The lowest BCUT2D eigenvalue weighted by Crippen LogP contribution is -2.46. The number of rotatable bonds is 3. The third-order valence-corrected chi connectivity index (χ3v) is 4.40. The Labute approximate surface area is 99.3 Å². The Morgan fingerprint density at radius 2 is 1.94 bits per heavy atom. The lowest BCUT2D eigenvalue weighted by atomic mass is 9.92. The topological polar surface area (TPSA) is 38.5 Å². The quantitative estimate of drug-likeness (QED) is 0.794.